The van der Waals surface area contributed by atoms with Gasteiger partial charge in [0.05, 0.1) is 51.3 Å². The zero-order valence-corrected chi connectivity index (χ0v) is 44.0. The molecule has 3 rings (SSSR count). The third-order valence-electron chi connectivity index (χ3n) is 13.7. The highest BCUT2D eigenvalue weighted by atomic mass is 28.4. The molecule has 0 unspecified atom stereocenters. The molecular weight excluding hydrogens is 825 g/mol. The Bertz CT molecular complexity index is 1890. The molecule has 10 atom stereocenters. The van der Waals surface area contributed by atoms with Gasteiger partial charge in [0.15, 0.2) is 22.1 Å². The summed E-state index contributed by atoms with van der Waals surface area (Å²) in [6, 6.07) is 19.8. The Hall–Kier alpha value is -2.91. The second kappa shape index (κ2) is 24.6. The largest absolute Gasteiger partial charge is 0.497 e. The molecule has 0 aliphatic heterocycles. The van der Waals surface area contributed by atoms with Gasteiger partial charge >= 0.3 is 0 Å². The van der Waals surface area contributed by atoms with Crippen LogP contribution in [-0.4, -0.2) is 65.7 Å². The van der Waals surface area contributed by atoms with Crippen LogP contribution in [0.5, 0.6) is 5.75 Å². The third kappa shape index (κ3) is 14.3. The van der Waals surface area contributed by atoms with Gasteiger partial charge in [-0.2, -0.15) is 0 Å². The van der Waals surface area contributed by atoms with Crippen LogP contribution in [0.15, 0.2) is 63.8 Å². The number of Topliss-reactive ketones (excluding diaryl/α,β-unsaturated/α-hetero) is 1. The van der Waals surface area contributed by atoms with E-state index in [-0.39, 0.29) is 41.7 Å². The summed E-state index contributed by atoms with van der Waals surface area (Å²) < 4.78 is 39.5. The van der Waals surface area contributed by atoms with Crippen LogP contribution in [-0.2, 0) is 42.8 Å². The Labute approximate surface area is 383 Å². The van der Waals surface area contributed by atoms with Crippen molar-refractivity contribution in [2.24, 2.45) is 29.6 Å². The first-order valence-electron chi connectivity index (χ1n) is 23.6. The predicted molar refractivity (Wildman–Crippen MR) is 262 cm³/mol. The van der Waals surface area contributed by atoms with E-state index in [9.17, 15) is 14.7 Å². The molecule has 11 heteroatoms. The van der Waals surface area contributed by atoms with E-state index in [0.29, 0.717) is 47.8 Å². The smallest absolute Gasteiger partial charge is 0.195 e. The number of hydrogen-bond donors (Lipinski definition) is 1. The molecular formula is C52H84O9Si2. The minimum Gasteiger partial charge on any atom is -0.497 e. The fourth-order valence-corrected chi connectivity index (χ4v) is 14.4. The monoisotopic (exact) mass is 909 g/mol. The summed E-state index contributed by atoms with van der Waals surface area (Å²) in [6.45, 7) is 34.3. The van der Waals surface area contributed by atoms with Crippen molar-refractivity contribution in [3.63, 3.8) is 0 Å². The standard InChI is InChI=1S/C52H84O9Si2/c1-18-45-35(7)46(53)39(11)51(59-45)41(13)52(60-62(15,16)17)40(12)50(58-32-43-26-28-44(56-14)29-27-43)38(10)48(55)36(8)47(54)37(9)49(61-63(19-2,20-3)33(4)5)34(6)30-57-31-42-24-22-21-23-25-42/h21-29,33-34,36-38,40-41,48-50,52,55H,18-20,30-32H2,1-17H3/t34-,36+,37-,38-,40-,41-,48-,49+,50-,52+/m1/s1. The molecule has 0 bridgehead atoms. The lowest BCUT2D eigenvalue weighted by molar-refractivity contribution is -0.140. The van der Waals surface area contributed by atoms with Gasteiger partial charge in [-0.25, -0.2) is 0 Å². The van der Waals surface area contributed by atoms with Crippen molar-refractivity contribution in [1.29, 1.82) is 0 Å². The van der Waals surface area contributed by atoms with Gasteiger partial charge in [0.1, 0.15) is 23.1 Å². The van der Waals surface area contributed by atoms with Gasteiger partial charge in [-0.05, 0) is 74.4 Å². The average molecular weight is 909 g/mol. The number of benzene rings is 2. The first-order chi connectivity index (χ1) is 29.6. The average Bonchev–Trinajstić information content (AvgIpc) is 3.26. The quantitative estimate of drug-likeness (QED) is 0.0747. The molecule has 9 nitrogen and oxygen atoms in total. The number of ketones is 1. The van der Waals surface area contributed by atoms with Crippen LogP contribution in [0.25, 0.3) is 0 Å². The number of aliphatic hydroxyl groups is 1. The van der Waals surface area contributed by atoms with E-state index in [1.54, 1.807) is 7.11 Å². The molecule has 2 aromatic carbocycles. The maximum atomic E-state index is 14.9. The Morgan fingerprint density at radius 2 is 1.32 bits per heavy atom. The maximum Gasteiger partial charge on any atom is 0.195 e. The van der Waals surface area contributed by atoms with E-state index >= 15 is 0 Å². The topological polar surface area (TPSA) is 114 Å². The predicted octanol–water partition coefficient (Wildman–Crippen LogP) is 11.8. The summed E-state index contributed by atoms with van der Waals surface area (Å²) in [6.07, 6.45) is -1.83. The van der Waals surface area contributed by atoms with E-state index in [0.717, 1.165) is 29.0 Å². The van der Waals surface area contributed by atoms with Gasteiger partial charge in [0.25, 0.3) is 0 Å². The van der Waals surface area contributed by atoms with Crippen LogP contribution >= 0.6 is 0 Å². The zero-order chi connectivity index (χ0) is 47.4. The molecule has 1 heterocycles. The lowest BCUT2D eigenvalue weighted by atomic mass is 9.76. The highest BCUT2D eigenvalue weighted by Gasteiger charge is 2.46. The van der Waals surface area contributed by atoms with Gasteiger partial charge in [-0.3, -0.25) is 9.59 Å². The summed E-state index contributed by atoms with van der Waals surface area (Å²) >= 11 is 0. The summed E-state index contributed by atoms with van der Waals surface area (Å²) in [5.74, 6) is -0.404. The van der Waals surface area contributed by atoms with Crippen molar-refractivity contribution in [3.8, 4) is 5.75 Å². The number of rotatable bonds is 27. The number of carbonyl (C=O) groups is 1. The summed E-state index contributed by atoms with van der Waals surface area (Å²) in [7, 11) is -2.82. The van der Waals surface area contributed by atoms with E-state index in [2.05, 4.69) is 80.2 Å². The van der Waals surface area contributed by atoms with E-state index in [1.165, 1.54) is 0 Å². The number of hydrogen-bond acceptors (Lipinski definition) is 9. The molecule has 63 heavy (non-hydrogen) atoms. The minimum absolute atomic E-state index is 0.0116. The second-order valence-corrected chi connectivity index (χ2v) is 29.0. The summed E-state index contributed by atoms with van der Waals surface area (Å²) in [5.41, 5.74) is 3.61. The molecule has 0 spiro atoms. The van der Waals surface area contributed by atoms with E-state index in [1.807, 2.05) is 84.0 Å². The zero-order valence-electron chi connectivity index (χ0n) is 42.0. The van der Waals surface area contributed by atoms with Crippen molar-refractivity contribution in [3.05, 3.63) is 98.6 Å². The molecule has 0 aliphatic rings. The molecule has 0 saturated heterocycles. The van der Waals surface area contributed by atoms with Crippen molar-refractivity contribution < 1.29 is 37.4 Å². The summed E-state index contributed by atoms with van der Waals surface area (Å²) in [4.78, 5) is 28.4. The van der Waals surface area contributed by atoms with Crippen LogP contribution in [0.4, 0.5) is 0 Å². The van der Waals surface area contributed by atoms with Crippen LogP contribution in [0.2, 0.25) is 37.3 Å². The molecule has 0 fully saturated rings. The van der Waals surface area contributed by atoms with Crippen LogP contribution in [0, 0.1) is 43.4 Å². The molecule has 1 N–H and O–H groups in total. The van der Waals surface area contributed by atoms with Crippen LogP contribution in [0.3, 0.4) is 0 Å². The van der Waals surface area contributed by atoms with Crippen LogP contribution in [0.1, 0.15) is 116 Å². The minimum atomic E-state index is -2.25. The van der Waals surface area contributed by atoms with Gasteiger partial charge < -0.3 is 32.6 Å². The molecule has 1 aromatic heterocycles. The number of ether oxygens (including phenoxy) is 3. The van der Waals surface area contributed by atoms with Gasteiger partial charge in [0.2, 0.25) is 0 Å². The SMILES string of the molecule is CCc1oc([C@@H](C)[C@@H](O[Si](C)(C)C)[C@H](C)[C@H](OCc2ccc(OC)cc2)[C@H](C)[C@H](O)[C@@H](C)C(=O)[C@@H](C)[C@@H](O[Si](CC)(CC)C(C)C)[C@H](C)COCc2ccccc2)c(C)c(=O)c1C. The first kappa shape index (κ1) is 54.4. The lowest BCUT2D eigenvalue weighted by Crippen LogP contribution is -2.51. The number of carbonyl (C=O) groups excluding carboxylic acids is 1. The number of aryl methyl sites for hydroxylation is 1. The molecule has 0 radical (unpaired) electrons. The number of aliphatic hydroxyl groups excluding tert-OH is 1. The Morgan fingerprint density at radius 1 is 0.730 bits per heavy atom. The fourth-order valence-electron chi connectivity index (χ4n) is 9.46. The lowest BCUT2D eigenvalue weighted by Gasteiger charge is -2.43. The highest BCUT2D eigenvalue weighted by Crippen LogP contribution is 2.39. The number of methoxy groups -OCH3 is 1. The fraction of sp³-hybridized carbons (Fsp3) is 0.654. The molecule has 0 saturated carbocycles. The first-order valence-corrected chi connectivity index (χ1v) is 29.4. The molecule has 3 aromatic rings. The molecule has 0 aliphatic carbocycles. The van der Waals surface area contributed by atoms with Crippen molar-refractivity contribution in [2.45, 2.75) is 177 Å². The van der Waals surface area contributed by atoms with E-state index < -0.39 is 52.7 Å². The maximum absolute atomic E-state index is 14.9. The van der Waals surface area contributed by atoms with Gasteiger partial charge in [-0.15, -0.1) is 0 Å². The second-order valence-electron chi connectivity index (χ2n) is 19.6. The normalized spacial score (nSPS) is 17.3. The van der Waals surface area contributed by atoms with Gasteiger partial charge in [0, 0.05) is 53.1 Å². The Kier molecular flexibility index (Phi) is 21.2. The van der Waals surface area contributed by atoms with Crippen molar-refractivity contribution >= 4 is 22.4 Å². The van der Waals surface area contributed by atoms with Crippen LogP contribution < -0.4 is 10.2 Å². The third-order valence-corrected chi connectivity index (χ3v) is 19.9. The van der Waals surface area contributed by atoms with Crippen molar-refractivity contribution in [1.82, 2.24) is 0 Å². The molecule has 354 valence electrons. The highest BCUT2D eigenvalue weighted by molar-refractivity contribution is 6.75. The van der Waals surface area contributed by atoms with E-state index in [4.69, 9.17) is 27.5 Å². The molecule has 0 amide bonds. The Balaban J connectivity index is 2.05. The van der Waals surface area contributed by atoms with Gasteiger partial charge in [-0.1, -0.05) is 119 Å². The Morgan fingerprint density at radius 3 is 1.84 bits per heavy atom. The van der Waals surface area contributed by atoms with Crippen molar-refractivity contribution in [2.75, 3.05) is 13.7 Å². The summed E-state index contributed by atoms with van der Waals surface area (Å²) in [5, 5.41) is 12.5.